The third-order valence-corrected chi connectivity index (χ3v) is 6.68. The van der Waals surface area contributed by atoms with Crippen LogP contribution in [-0.2, 0) is 22.6 Å². The fourth-order valence-corrected chi connectivity index (χ4v) is 4.91. The van der Waals surface area contributed by atoms with Gasteiger partial charge in [-0.1, -0.05) is 30.3 Å². The Kier molecular flexibility index (Phi) is 5.57. The molecule has 0 spiro atoms. The maximum absolute atomic E-state index is 14.2. The highest BCUT2D eigenvalue weighted by molar-refractivity contribution is 7.90. The van der Waals surface area contributed by atoms with Crippen molar-refractivity contribution >= 4 is 26.7 Å². The first-order chi connectivity index (χ1) is 15.5. The van der Waals surface area contributed by atoms with Crippen molar-refractivity contribution in [3.05, 3.63) is 94.9 Å². The van der Waals surface area contributed by atoms with Crippen molar-refractivity contribution in [1.82, 2.24) is 9.19 Å². The number of alkyl halides is 3. The fraction of sp³-hybridized carbons (Fsp3) is 0.130. The van der Waals surface area contributed by atoms with Crippen LogP contribution in [0.3, 0.4) is 0 Å². The minimum atomic E-state index is -4.91. The lowest BCUT2D eigenvalue weighted by Gasteiger charge is -2.13. The molecule has 0 radical (unpaired) electrons. The minimum Gasteiger partial charge on any atom is -0.294 e. The molecule has 0 amide bonds. The van der Waals surface area contributed by atoms with E-state index in [1.807, 2.05) is 0 Å². The Morgan fingerprint density at radius 1 is 1.03 bits per heavy atom. The summed E-state index contributed by atoms with van der Waals surface area (Å²) in [6.45, 7) is 1.74. The minimum absolute atomic E-state index is 0.00940. The topological polar surface area (TPSA) is 69.0 Å². The zero-order valence-corrected chi connectivity index (χ0v) is 17.9. The summed E-state index contributed by atoms with van der Waals surface area (Å²) in [5.74, 6) is -2.35. The molecule has 0 atom stereocenters. The number of Topliss-reactive ketones (excluding diaryl/α,β-unsaturated/α-hetero) is 1. The van der Waals surface area contributed by atoms with Gasteiger partial charge in [0.1, 0.15) is 5.82 Å². The summed E-state index contributed by atoms with van der Waals surface area (Å²) in [6.07, 6.45) is -4.14. The predicted octanol–water partition coefficient (Wildman–Crippen LogP) is 5.17. The van der Waals surface area contributed by atoms with Gasteiger partial charge >= 0.3 is 6.18 Å². The molecule has 0 unspecified atom stereocenters. The maximum Gasteiger partial charge on any atom is 0.417 e. The Labute approximate surface area is 186 Å². The molecule has 0 N–H and O–H groups in total. The average Bonchev–Trinajstić information content (AvgIpc) is 3.17. The number of hydrogen-bond donors (Lipinski definition) is 0. The van der Waals surface area contributed by atoms with E-state index in [9.17, 15) is 30.8 Å². The molecule has 0 fully saturated rings. The van der Waals surface area contributed by atoms with Crippen molar-refractivity contribution in [2.75, 3.05) is 0 Å². The number of carbonyl (C=O) groups is 1. The number of nitrogens with zero attached hydrogens (tertiary/aromatic N) is 2. The maximum atomic E-state index is 14.2. The Bertz CT molecular complexity index is 1490. The highest BCUT2D eigenvalue weighted by atomic mass is 32.2. The van der Waals surface area contributed by atoms with Gasteiger partial charge in [0, 0.05) is 11.8 Å². The van der Waals surface area contributed by atoms with Crippen LogP contribution < -0.4 is 0 Å². The lowest BCUT2D eigenvalue weighted by molar-refractivity contribution is -0.138. The van der Waals surface area contributed by atoms with Crippen molar-refractivity contribution in [3.8, 4) is 0 Å². The Balaban J connectivity index is 1.75. The molecule has 0 aliphatic rings. The summed E-state index contributed by atoms with van der Waals surface area (Å²) in [5, 5.41) is 4.40. The van der Waals surface area contributed by atoms with Gasteiger partial charge < -0.3 is 0 Å². The summed E-state index contributed by atoms with van der Waals surface area (Å²) >= 11 is 0. The summed E-state index contributed by atoms with van der Waals surface area (Å²) in [6, 6.07) is 12.8. The lowest BCUT2D eigenvalue weighted by Crippen LogP contribution is -2.17. The highest BCUT2D eigenvalue weighted by Gasteiger charge is 2.36. The smallest absolute Gasteiger partial charge is 0.294 e. The van der Waals surface area contributed by atoms with Gasteiger partial charge in [-0.2, -0.15) is 30.8 Å². The molecule has 4 aromatic rings. The van der Waals surface area contributed by atoms with Crippen LogP contribution >= 0.6 is 0 Å². The fourth-order valence-electron chi connectivity index (χ4n) is 3.54. The van der Waals surface area contributed by atoms with Crippen molar-refractivity contribution in [1.29, 1.82) is 0 Å². The molecular formula is C23H16F4N2O3S. The van der Waals surface area contributed by atoms with E-state index in [4.69, 9.17) is 0 Å². The van der Waals surface area contributed by atoms with Crippen LogP contribution in [0.2, 0.25) is 0 Å². The zero-order valence-electron chi connectivity index (χ0n) is 17.1. The van der Waals surface area contributed by atoms with Gasteiger partial charge in [0.25, 0.3) is 10.0 Å². The van der Waals surface area contributed by atoms with Crippen LogP contribution in [-0.4, -0.2) is 23.4 Å². The van der Waals surface area contributed by atoms with Gasteiger partial charge in [-0.25, -0.2) is 4.39 Å². The van der Waals surface area contributed by atoms with Gasteiger partial charge in [-0.15, -0.1) is 0 Å². The van der Waals surface area contributed by atoms with E-state index in [0.717, 1.165) is 21.8 Å². The Hall–Kier alpha value is -3.53. The SMILES string of the molecule is Cc1cccc(S(=O)(=O)n2ncc3ccc(CC(=O)c4c(F)cccc4C(F)(F)F)cc32)c1. The molecule has 1 aromatic heterocycles. The predicted molar refractivity (Wildman–Crippen MR) is 113 cm³/mol. The molecule has 1 heterocycles. The molecule has 3 aromatic carbocycles. The quantitative estimate of drug-likeness (QED) is 0.295. The number of ketones is 1. The van der Waals surface area contributed by atoms with E-state index >= 15 is 0 Å². The van der Waals surface area contributed by atoms with E-state index in [1.54, 1.807) is 19.1 Å². The van der Waals surface area contributed by atoms with Gasteiger partial charge in [0.2, 0.25) is 0 Å². The molecule has 0 saturated heterocycles. The molecule has 10 heteroatoms. The molecule has 0 saturated carbocycles. The molecule has 0 aliphatic heterocycles. The van der Waals surface area contributed by atoms with Crippen molar-refractivity contribution in [2.24, 2.45) is 0 Å². The normalized spacial score (nSPS) is 12.3. The first-order valence-electron chi connectivity index (χ1n) is 9.66. The zero-order chi connectivity index (χ0) is 24.0. The second-order valence-electron chi connectivity index (χ2n) is 7.46. The summed E-state index contributed by atoms with van der Waals surface area (Å²) in [4.78, 5) is 12.6. The van der Waals surface area contributed by atoms with Crippen LogP contribution in [0.4, 0.5) is 17.6 Å². The third-order valence-electron chi connectivity index (χ3n) is 5.08. The molecule has 0 aliphatic carbocycles. The van der Waals surface area contributed by atoms with Gasteiger partial charge in [-0.3, -0.25) is 4.79 Å². The van der Waals surface area contributed by atoms with E-state index in [0.29, 0.717) is 11.5 Å². The van der Waals surface area contributed by atoms with Crippen LogP contribution in [0.5, 0.6) is 0 Å². The van der Waals surface area contributed by atoms with E-state index in [1.165, 1.54) is 36.5 Å². The lowest BCUT2D eigenvalue weighted by atomic mass is 9.97. The number of rotatable bonds is 5. The monoisotopic (exact) mass is 476 g/mol. The number of halogens is 4. The number of benzene rings is 3. The molecule has 170 valence electrons. The van der Waals surface area contributed by atoms with E-state index < -0.39 is 45.3 Å². The third kappa shape index (κ3) is 4.25. The Morgan fingerprint density at radius 3 is 2.45 bits per heavy atom. The molecule has 33 heavy (non-hydrogen) atoms. The van der Waals surface area contributed by atoms with Crippen molar-refractivity contribution in [2.45, 2.75) is 24.4 Å². The average molecular weight is 476 g/mol. The van der Waals surface area contributed by atoms with Gasteiger partial charge in [-0.05, 0) is 48.4 Å². The first-order valence-corrected chi connectivity index (χ1v) is 11.1. The van der Waals surface area contributed by atoms with Crippen molar-refractivity contribution in [3.63, 3.8) is 0 Å². The number of hydrogen-bond acceptors (Lipinski definition) is 4. The van der Waals surface area contributed by atoms with E-state index in [-0.39, 0.29) is 16.0 Å². The number of carbonyl (C=O) groups excluding carboxylic acids is 1. The molecule has 4 rings (SSSR count). The molecule has 5 nitrogen and oxygen atoms in total. The van der Waals surface area contributed by atoms with Crippen LogP contribution in [0, 0.1) is 12.7 Å². The van der Waals surface area contributed by atoms with Crippen LogP contribution in [0.1, 0.15) is 27.0 Å². The Morgan fingerprint density at radius 2 is 1.76 bits per heavy atom. The summed E-state index contributed by atoms with van der Waals surface area (Å²) in [7, 11) is -4.06. The van der Waals surface area contributed by atoms with Gasteiger partial charge in [0.15, 0.2) is 5.78 Å². The largest absolute Gasteiger partial charge is 0.417 e. The standard InChI is InChI=1S/C23H16F4N2O3S/c1-14-4-2-5-17(10-14)33(31,32)29-20-11-15(8-9-16(20)13-28-29)12-21(30)22-18(23(25,26)27)6-3-7-19(22)24/h2-11,13H,12H2,1H3. The van der Waals surface area contributed by atoms with Crippen LogP contribution in [0.25, 0.3) is 10.9 Å². The van der Waals surface area contributed by atoms with Crippen LogP contribution in [0.15, 0.2) is 71.8 Å². The number of aromatic nitrogens is 2. The van der Waals surface area contributed by atoms with Gasteiger partial charge in [0.05, 0.1) is 27.7 Å². The van der Waals surface area contributed by atoms with Crippen molar-refractivity contribution < 1.29 is 30.8 Å². The first kappa shape index (κ1) is 22.7. The molecule has 0 bridgehead atoms. The second kappa shape index (κ2) is 8.11. The number of aryl methyl sites for hydroxylation is 1. The van der Waals surface area contributed by atoms with E-state index in [2.05, 4.69) is 5.10 Å². The summed E-state index contributed by atoms with van der Waals surface area (Å²) < 4.78 is 80.9. The highest BCUT2D eigenvalue weighted by Crippen LogP contribution is 2.34. The summed E-state index contributed by atoms with van der Waals surface area (Å²) in [5.41, 5.74) is -1.33. The second-order valence-corrected chi connectivity index (χ2v) is 9.23. The molecular weight excluding hydrogens is 460 g/mol. The number of fused-ring (bicyclic) bond motifs is 1.